The molecule has 1 aromatic carbocycles. The van der Waals surface area contributed by atoms with Crippen LogP contribution in [-0.2, 0) is 19.1 Å². The summed E-state index contributed by atoms with van der Waals surface area (Å²) in [6.07, 6.45) is -9.04. The molecule has 1 aliphatic rings. The van der Waals surface area contributed by atoms with Gasteiger partial charge in [0.2, 0.25) is 11.8 Å². The van der Waals surface area contributed by atoms with Crippen molar-refractivity contribution in [3.05, 3.63) is 24.0 Å². The predicted molar refractivity (Wildman–Crippen MR) is 118 cm³/mol. The Hall–Kier alpha value is -3.76. The molecule has 2 atom stereocenters. The molecule has 0 saturated heterocycles. The van der Waals surface area contributed by atoms with Crippen LogP contribution in [0.25, 0.3) is 0 Å². The first-order valence-corrected chi connectivity index (χ1v) is 11.0. The van der Waals surface area contributed by atoms with Crippen LogP contribution in [0.3, 0.4) is 0 Å². The molecule has 0 fully saturated rings. The van der Waals surface area contributed by atoms with Gasteiger partial charge in [-0.05, 0) is 19.1 Å². The lowest BCUT2D eigenvalue weighted by Gasteiger charge is -2.26. The van der Waals surface area contributed by atoms with E-state index < -0.39 is 66.8 Å². The quantitative estimate of drug-likeness (QED) is 0.246. The Morgan fingerprint density at radius 1 is 1.13 bits per heavy atom. The smallest absolute Gasteiger partial charge is 0.455 e. The van der Waals surface area contributed by atoms with Crippen LogP contribution in [-0.4, -0.2) is 80.8 Å². The number of nitrogens with one attached hydrogen (secondary N) is 3. The Labute approximate surface area is 212 Å². The number of alkyl carbamates (subject to hydrolysis) is 1. The molecule has 212 valence electrons. The second-order valence-electron chi connectivity index (χ2n) is 7.98. The van der Waals surface area contributed by atoms with Gasteiger partial charge >= 0.3 is 18.2 Å². The number of anilines is 1. The molecular weight excluding hydrogens is 532 g/mol. The van der Waals surface area contributed by atoms with E-state index in [0.717, 1.165) is 17.0 Å². The van der Waals surface area contributed by atoms with Crippen LogP contribution in [0.2, 0.25) is 0 Å². The average molecular weight is 557 g/mol. The molecule has 38 heavy (non-hydrogen) atoms. The predicted octanol–water partition coefficient (Wildman–Crippen LogP) is 0.813. The van der Waals surface area contributed by atoms with Crippen LogP contribution in [0, 0.1) is 5.82 Å². The number of ether oxygens (including phenoxy) is 2. The monoisotopic (exact) mass is 557 g/mol. The zero-order chi connectivity index (χ0) is 28.7. The maximum atomic E-state index is 14.0. The second kappa shape index (κ2) is 12.7. The first kappa shape index (κ1) is 30.5. The van der Waals surface area contributed by atoms with Crippen LogP contribution in [0.15, 0.2) is 18.2 Å². The van der Waals surface area contributed by atoms with E-state index in [1.807, 2.05) is 0 Å². The normalized spacial score (nSPS) is 17.6. The van der Waals surface area contributed by atoms with Gasteiger partial charge < -0.3 is 36.1 Å². The van der Waals surface area contributed by atoms with Gasteiger partial charge in [-0.3, -0.25) is 14.4 Å². The van der Waals surface area contributed by atoms with E-state index in [0.29, 0.717) is 0 Å². The maximum Gasteiger partial charge on any atom is 0.455 e. The van der Waals surface area contributed by atoms with Gasteiger partial charge in [-0.15, -0.1) is 0 Å². The third-order valence-electron chi connectivity index (χ3n) is 5.05. The van der Waals surface area contributed by atoms with Crippen molar-refractivity contribution in [3.63, 3.8) is 0 Å². The molecule has 1 heterocycles. The van der Waals surface area contributed by atoms with Gasteiger partial charge in [0, 0.05) is 19.2 Å². The zero-order valence-electron chi connectivity index (χ0n) is 19.9. The highest BCUT2D eigenvalue weighted by Gasteiger charge is 2.57. The Bertz CT molecular complexity index is 1040. The molecule has 0 unspecified atom stereocenters. The highest BCUT2D eigenvalue weighted by molar-refractivity contribution is 6.03. The lowest BCUT2D eigenvalue weighted by molar-refractivity contribution is -0.278. The van der Waals surface area contributed by atoms with Crippen molar-refractivity contribution in [3.8, 4) is 5.75 Å². The second-order valence-corrected chi connectivity index (χ2v) is 7.98. The van der Waals surface area contributed by atoms with Gasteiger partial charge in [0.15, 0.2) is 0 Å². The van der Waals surface area contributed by atoms with Crippen molar-refractivity contribution in [1.82, 2.24) is 16.0 Å². The van der Waals surface area contributed by atoms with Crippen LogP contribution in [0.1, 0.15) is 13.3 Å². The Balaban J connectivity index is 2.11. The summed E-state index contributed by atoms with van der Waals surface area (Å²) in [4.78, 5) is 50.0. The van der Waals surface area contributed by atoms with Crippen LogP contribution in [0.4, 0.5) is 36.8 Å². The van der Waals surface area contributed by atoms with Gasteiger partial charge in [-0.2, -0.15) is 22.0 Å². The van der Waals surface area contributed by atoms with Gasteiger partial charge in [-0.1, -0.05) is 0 Å². The molecule has 0 saturated carbocycles. The number of carbonyl (C=O) groups is 4. The van der Waals surface area contributed by atoms with E-state index in [2.05, 4.69) is 10.6 Å². The summed E-state index contributed by atoms with van der Waals surface area (Å²) in [6, 6.07) is 1.72. The number of halogens is 6. The third kappa shape index (κ3) is 8.12. The molecule has 1 aliphatic heterocycles. The fourth-order valence-electron chi connectivity index (χ4n) is 3.16. The molecule has 0 aromatic heterocycles. The van der Waals surface area contributed by atoms with Gasteiger partial charge in [0.05, 0.1) is 18.8 Å². The van der Waals surface area contributed by atoms with E-state index in [4.69, 9.17) is 15.2 Å². The van der Waals surface area contributed by atoms with E-state index in [-0.39, 0.29) is 37.7 Å². The molecule has 17 heteroatoms. The molecule has 0 spiro atoms. The topological polar surface area (TPSA) is 152 Å². The number of carbonyl (C=O) groups excluding carboxylic acids is 4. The van der Waals surface area contributed by atoms with E-state index >= 15 is 0 Å². The molecule has 2 rings (SSSR count). The number of benzene rings is 1. The van der Waals surface area contributed by atoms with E-state index in [1.54, 1.807) is 0 Å². The van der Waals surface area contributed by atoms with Gasteiger partial charge in [-0.25, -0.2) is 9.18 Å². The fraction of sp³-hybridized carbons (Fsp3) is 0.524. The minimum Gasteiger partial charge on any atom is -0.486 e. The number of hydrogen-bond acceptors (Lipinski definition) is 7. The number of fused-ring (bicyclic) bond motifs is 1. The van der Waals surface area contributed by atoms with Crippen molar-refractivity contribution in [2.24, 2.45) is 5.73 Å². The van der Waals surface area contributed by atoms with Crippen molar-refractivity contribution >= 4 is 29.5 Å². The van der Waals surface area contributed by atoms with E-state index in [1.165, 1.54) is 18.3 Å². The molecule has 5 N–H and O–H groups in total. The molecule has 4 amide bonds. The molecular formula is C21H25F6N5O6. The largest absolute Gasteiger partial charge is 0.486 e. The van der Waals surface area contributed by atoms with Gasteiger partial charge in [0.1, 0.15) is 36.7 Å². The number of amides is 4. The number of hydrogen-bond donors (Lipinski definition) is 4. The molecule has 0 radical (unpaired) electrons. The Morgan fingerprint density at radius 2 is 1.82 bits per heavy atom. The van der Waals surface area contributed by atoms with Gasteiger partial charge in [0.25, 0.3) is 5.91 Å². The average Bonchev–Trinajstić information content (AvgIpc) is 2.91. The number of rotatable bonds is 10. The van der Waals surface area contributed by atoms with Crippen LogP contribution >= 0.6 is 0 Å². The number of alkyl halides is 5. The summed E-state index contributed by atoms with van der Waals surface area (Å²) in [7, 11) is 0. The summed E-state index contributed by atoms with van der Waals surface area (Å²) in [5.74, 6) is -9.45. The van der Waals surface area contributed by atoms with Crippen LogP contribution < -0.4 is 31.3 Å². The fourth-order valence-corrected chi connectivity index (χ4v) is 3.16. The zero-order valence-corrected chi connectivity index (χ0v) is 19.9. The molecule has 1 aromatic rings. The van der Waals surface area contributed by atoms with Crippen molar-refractivity contribution in [2.45, 2.75) is 37.6 Å². The summed E-state index contributed by atoms with van der Waals surface area (Å²) < 4.78 is 87.2. The van der Waals surface area contributed by atoms with Crippen LogP contribution in [0.5, 0.6) is 5.75 Å². The first-order valence-electron chi connectivity index (χ1n) is 11.0. The first-order chi connectivity index (χ1) is 17.7. The lowest BCUT2D eigenvalue weighted by atomic mass is 10.1. The molecule has 0 bridgehead atoms. The lowest BCUT2D eigenvalue weighted by Crippen LogP contribution is -2.55. The van der Waals surface area contributed by atoms with Crippen molar-refractivity contribution in [2.75, 3.05) is 37.7 Å². The Morgan fingerprint density at radius 3 is 2.45 bits per heavy atom. The number of nitrogens with two attached hydrogens (primary N) is 1. The standard InChI is InChI=1S/C21H25F6N5O6/c1-11-17(31-16(34)9-15(33)30-10-20(23,24)21(25,26)27)18(35)32(6-7-37-19(36)29-5-4-28)13-8-12(22)2-3-14(13)38-11/h2-3,8,11,17H,4-7,9-10,28H2,1H3,(H,29,36)(H,30,33)(H,31,34)/t11-,17+/m1/s1. The number of nitrogens with zero attached hydrogens (tertiary/aromatic N) is 1. The summed E-state index contributed by atoms with van der Waals surface area (Å²) >= 11 is 0. The summed E-state index contributed by atoms with van der Waals surface area (Å²) in [6.45, 7) is -1.15. The minimum atomic E-state index is -5.91. The third-order valence-corrected chi connectivity index (χ3v) is 5.05. The minimum absolute atomic E-state index is 0.0312. The SMILES string of the molecule is C[C@H]1Oc2ccc(F)cc2N(CCOC(=O)NCCN)C(=O)[C@H]1NC(=O)CC(=O)NCC(F)(F)C(F)(F)F. The highest BCUT2D eigenvalue weighted by Crippen LogP contribution is 2.35. The summed E-state index contributed by atoms with van der Waals surface area (Å²) in [5.41, 5.74) is 5.21. The van der Waals surface area contributed by atoms with Crippen molar-refractivity contribution < 1.29 is 55.0 Å². The highest BCUT2D eigenvalue weighted by atomic mass is 19.4. The summed E-state index contributed by atoms with van der Waals surface area (Å²) in [5, 5.41) is 5.82. The van der Waals surface area contributed by atoms with Crippen molar-refractivity contribution in [1.29, 1.82) is 0 Å². The maximum absolute atomic E-state index is 14.0. The Kier molecular flexibility index (Phi) is 10.1. The van der Waals surface area contributed by atoms with E-state index in [9.17, 15) is 45.5 Å². The molecule has 11 nitrogen and oxygen atoms in total. The molecule has 0 aliphatic carbocycles.